The number of anilines is 2. The van der Waals surface area contributed by atoms with Crippen LogP contribution in [0.3, 0.4) is 0 Å². The first-order valence-electron chi connectivity index (χ1n) is 7.11. The fourth-order valence-electron chi connectivity index (χ4n) is 1.77. The van der Waals surface area contributed by atoms with E-state index in [1.54, 1.807) is 39.2 Å². The third-order valence-electron chi connectivity index (χ3n) is 2.71. The van der Waals surface area contributed by atoms with Crippen LogP contribution in [0.2, 0.25) is 0 Å². The molecule has 0 saturated heterocycles. The maximum absolute atomic E-state index is 13.8. The van der Waals surface area contributed by atoms with Gasteiger partial charge in [-0.25, -0.2) is 19.2 Å². The Labute approximate surface area is 134 Å². The molecule has 2 N–H and O–H groups in total. The van der Waals surface area contributed by atoms with Gasteiger partial charge in [-0.15, -0.1) is 0 Å². The lowest BCUT2D eigenvalue weighted by Gasteiger charge is -2.20. The smallest absolute Gasteiger partial charge is 0.412 e. The third kappa shape index (κ3) is 5.54. The quantitative estimate of drug-likeness (QED) is 0.901. The predicted octanol–water partition coefficient (Wildman–Crippen LogP) is 3.57. The van der Waals surface area contributed by atoms with Gasteiger partial charge in [0.2, 0.25) is 0 Å². The van der Waals surface area contributed by atoms with Gasteiger partial charge in [0.25, 0.3) is 0 Å². The minimum Gasteiger partial charge on any atom is -0.444 e. The molecule has 0 unspecified atom stereocenters. The molecule has 0 bridgehead atoms. The van der Waals surface area contributed by atoms with Crippen LogP contribution in [0.1, 0.15) is 26.3 Å². The zero-order valence-electron chi connectivity index (χ0n) is 13.3. The molecule has 1 aromatic heterocycles. The van der Waals surface area contributed by atoms with Gasteiger partial charge >= 0.3 is 6.09 Å². The van der Waals surface area contributed by atoms with E-state index in [0.29, 0.717) is 12.2 Å². The van der Waals surface area contributed by atoms with Gasteiger partial charge in [-0.2, -0.15) is 0 Å². The van der Waals surface area contributed by atoms with Crippen molar-refractivity contribution in [2.75, 3.05) is 10.6 Å². The first-order chi connectivity index (χ1) is 10.8. The highest BCUT2D eigenvalue weighted by atomic mass is 19.1. The molecule has 6 nitrogen and oxygen atoms in total. The van der Waals surface area contributed by atoms with E-state index in [9.17, 15) is 9.18 Å². The summed E-state index contributed by atoms with van der Waals surface area (Å²) in [6.45, 7) is 5.70. The molecule has 2 rings (SSSR count). The second-order valence-corrected chi connectivity index (χ2v) is 5.92. The Balaban J connectivity index is 2.02. The van der Waals surface area contributed by atoms with Gasteiger partial charge in [0, 0.05) is 30.2 Å². The van der Waals surface area contributed by atoms with Crippen molar-refractivity contribution in [2.45, 2.75) is 32.9 Å². The highest BCUT2D eigenvalue weighted by Crippen LogP contribution is 2.21. The number of halogens is 1. The van der Waals surface area contributed by atoms with Crippen LogP contribution in [0.25, 0.3) is 0 Å². The largest absolute Gasteiger partial charge is 0.444 e. The number of ether oxygens (including phenoxy) is 1. The molecule has 1 amide bonds. The summed E-state index contributed by atoms with van der Waals surface area (Å²) in [5.74, 6) is -0.538. The Kier molecular flexibility index (Phi) is 5.10. The van der Waals surface area contributed by atoms with Gasteiger partial charge in [-0.3, -0.25) is 5.32 Å². The van der Waals surface area contributed by atoms with Crippen molar-refractivity contribution in [3.8, 4) is 0 Å². The molecule has 7 heteroatoms. The molecule has 0 fully saturated rings. The van der Waals surface area contributed by atoms with Gasteiger partial charge in [-0.1, -0.05) is 0 Å². The molecule has 0 radical (unpaired) electrons. The van der Waals surface area contributed by atoms with Crippen LogP contribution in [0.15, 0.2) is 36.9 Å². The van der Waals surface area contributed by atoms with Gasteiger partial charge < -0.3 is 10.1 Å². The van der Waals surface area contributed by atoms with Crippen molar-refractivity contribution in [3.63, 3.8) is 0 Å². The van der Waals surface area contributed by atoms with E-state index in [0.717, 1.165) is 5.56 Å². The molecule has 0 aliphatic heterocycles. The van der Waals surface area contributed by atoms with E-state index in [4.69, 9.17) is 4.74 Å². The number of aromatic nitrogens is 2. The van der Waals surface area contributed by atoms with Crippen LogP contribution in [-0.2, 0) is 11.3 Å². The van der Waals surface area contributed by atoms with Gasteiger partial charge in [0.15, 0.2) is 0 Å². The Morgan fingerprint density at radius 2 is 1.96 bits per heavy atom. The van der Waals surface area contributed by atoms with Crippen molar-refractivity contribution in [3.05, 3.63) is 48.3 Å². The van der Waals surface area contributed by atoms with E-state index in [2.05, 4.69) is 20.6 Å². The fraction of sp³-hybridized carbons (Fsp3) is 0.312. The van der Waals surface area contributed by atoms with E-state index < -0.39 is 17.5 Å². The van der Waals surface area contributed by atoms with Crippen molar-refractivity contribution in [2.24, 2.45) is 0 Å². The summed E-state index contributed by atoms with van der Waals surface area (Å²) in [5.41, 5.74) is 0.942. The zero-order chi connectivity index (χ0) is 16.9. The molecule has 0 aliphatic carbocycles. The number of nitrogens with zero attached hydrogens (tertiary/aromatic N) is 2. The molecule has 122 valence electrons. The zero-order valence-corrected chi connectivity index (χ0v) is 13.3. The number of carbonyl (C=O) groups is 1. The number of hydrogen-bond acceptors (Lipinski definition) is 5. The maximum Gasteiger partial charge on any atom is 0.412 e. The minimum absolute atomic E-state index is 0.0496. The van der Waals surface area contributed by atoms with E-state index >= 15 is 0 Å². The first-order valence-corrected chi connectivity index (χ1v) is 7.11. The summed E-state index contributed by atoms with van der Waals surface area (Å²) in [5, 5.41) is 5.52. The lowest BCUT2D eigenvalue weighted by molar-refractivity contribution is 0.0635. The second kappa shape index (κ2) is 7.04. The molecule has 0 spiro atoms. The summed E-state index contributed by atoms with van der Waals surface area (Å²) >= 11 is 0. The van der Waals surface area contributed by atoms with Crippen molar-refractivity contribution >= 4 is 17.5 Å². The Hall–Kier alpha value is -2.70. The summed E-state index contributed by atoms with van der Waals surface area (Å²) < 4.78 is 18.9. The Bertz CT molecular complexity index is 672. The van der Waals surface area contributed by atoms with Crippen molar-refractivity contribution < 1.29 is 13.9 Å². The summed E-state index contributed by atoms with van der Waals surface area (Å²) in [6, 6.07) is 4.36. The SMILES string of the molecule is CC(C)(C)OC(=O)Nc1cc(NCc2cncnc2)ccc1F. The number of nitrogens with one attached hydrogen (secondary N) is 2. The highest BCUT2D eigenvalue weighted by Gasteiger charge is 2.17. The van der Waals surface area contributed by atoms with Crippen LogP contribution in [-0.4, -0.2) is 21.7 Å². The Morgan fingerprint density at radius 3 is 2.61 bits per heavy atom. The van der Waals surface area contributed by atoms with Crippen LogP contribution < -0.4 is 10.6 Å². The monoisotopic (exact) mass is 318 g/mol. The molecule has 1 aromatic carbocycles. The van der Waals surface area contributed by atoms with Crippen LogP contribution in [0.5, 0.6) is 0 Å². The summed E-state index contributed by atoms with van der Waals surface area (Å²) in [4.78, 5) is 19.6. The second-order valence-electron chi connectivity index (χ2n) is 5.92. The van der Waals surface area contributed by atoms with Gasteiger partial charge in [-0.05, 0) is 39.0 Å². The number of hydrogen-bond donors (Lipinski definition) is 2. The lowest BCUT2D eigenvalue weighted by Crippen LogP contribution is -2.27. The maximum atomic E-state index is 13.8. The van der Waals surface area contributed by atoms with Crippen LogP contribution >= 0.6 is 0 Å². The highest BCUT2D eigenvalue weighted by molar-refractivity contribution is 5.85. The predicted molar refractivity (Wildman–Crippen MR) is 85.6 cm³/mol. The lowest BCUT2D eigenvalue weighted by atomic mass is 10.2. The molecule has 2 aromatic rings. The topological polar surface area (TPSA) is 76.1 Å². The number of benzene rings is 1. The average Bonchev–Trinajstić information content (AvgIpc) is 2.47. The van der Waals surface area contributed by atoms with Crippen LogP contribution in [0.4, 0.5) is 20.6 Å². The average molecular weight is 318 g/mol. The van der Waals surface area contributed by atoms with E-state index in [1.165, 1.54) is 18.5 Å². The standard InChI is InChI=1S/C16H19FN4O2/c1-16(2,3)23-15(22)21-14-6-12(4-5-13(14)17)20-9-11-7-18-10-19-8-11/h4-8,10,20H,9H2,1-3H3,(H,21,22). The van der Waals surface area contributed by atoms with E-state index in [-0.39, 0.29) is 5.69 Å². The summed E-state index contributed by atoms with van der Waals surface area (Å²) in [6.07, 6.45) is 4.11. The molecular weight excluding hydrogens is 299 g/mol. The molecular formula is C16H19FN4O2. The molecule has 0 aliphatic rings. The number of rotatable bonds is 4. The minimum atomic E-state index is -0.704. The molecule has 0 saturated carbocycles. The molecule has 1 heterocycles. The third-order valence-corrected chi connectivity index (χ3v) is 2.71. The Morgan fingerprint density at radius 1 is 1.26 bits per heavy atom. The summed E-state index contributed by atoms with van der Waals surface area (Å²) in [7, 11) is 0. The van der Waals surface area contributed by atoms with Gasteiger partial charge in [0.1, 0.15) is 17.7 Å². The number of carbonyl (C=O) groups excluding carboxylic acids is 1. The van der Waals surface area contributed by atoms with Crippen LogP contribution in [0, 0.1) is 5.82 Å². The van der Waals surface area contributed by atoms with E-state index in [1.807, 2.05) is 0 Å². The van der Waals surface area contributed by atoms with Gasteiger partial charge in [0.05, 0.1) is 5.69 Å². The fourth-order valence-corrected chi connectivity index (χ4v) is 1.77. The molecule has 23 heavy (non-hydrogen) atoms. The first kappa shape index (κ1) is 16.7. The number of amides is 1. The van der Waals surface area contributed by atoms with Crippen molar-refractivity contribution in [1.82, 2.24) is 9.97 Å². The molecule has 0 atom stereocenters. The van der Waals surface area contributed by atoms with Crippen molar-refractivity contribution in [1.29, 1.82) is 0 Å². The normalized spacial score (nSPS) is 11.0.